The van der Waals surface area contributed by atoms with Gasteiger partial charge in [0.25, 0.3) is 0 Å². The van der Waals surface area contributed by atoms with E-state index in [4.69, 9.17) is 4.74 Å². The van der Waals surface area contributed by atoms with E-state index in [1.54, 1.807) is 31.2 Å². The number of hydrogen-bond acceptors (Lipinski definition) is 3. The second-order valence-corrected chi connectivity index (χ2v) is 4.62. The highest BCUT2D eigenvalue weighted by atomic mass is 19.1. The number of benzene rings is 2. The van der Waals surface area contributed by atoms with E-state index in [1.807, 2.05) is 24.3 Å². The average molecular weight is 278 g/mol. The van der Waals surface area contributed by atoms with E-state index in [0.29, 0.717) is 22.2 Å². The molecule has 0 amide bonds. The minimum absolute atomic E-state index is 0.0999. The summed E-state index contributed by atoms with van der Waals surface area (Å²) in [5, 5.41) is 9.89. The van der Waals surface area contributed by atoms with Crippen molar-refractivity contribution in [3.63, 3.8) is 0 Å². The highest BCUT2D eigenvalue weighted by Crippen LogP contribution is 2.33. The topological polar surface area (TPSA) is 45.9 Å². The molecular weight excluding hydrogens is 267 g/mol. The van der Waals surface area contributed by atoms with Crippen molar-refractivity contribution in [2.45, 2.75) is 6.92 Å². The lowest BCUT2D eigenvalue weighted by Gasteiger charge is -2.11. The average Bonchev–Trinajstić information content (AvgIpc) is 2.52. The first-order chi connectivity index (χ1) is 10.2. The first-order valence-corrected chi connectivity index (χ1v) is 6.41. The monoisotopic (exact) mass is 278 g/mol. The number of halogens is 1. The largest absolute Gasteiger partial charge is 0.452 e. The summed E-state index contributed by atoms with van der Waals surface area (Å²) in [5.41, 5.74) is 1.46. The van der Waals surface area contributed by atoms with E-state index in [1.165, 1.54) is 6.20 Å². The Morgan fingerprint density at radius 2 is 1.95 bits per heavy atom. The maximum atomic E-state index is 14.1. The summed E-state index contributed by atoms with van der Waals surface area (Å²) < 4.78 is 19.8. The maximum Gasteiger partial charge on any atom is 0.168 e. The second-order valence-electron chi connectivity index (χ2n) is 4.62. The molecule has 0 saturated heterocycles. The molecule has 0 bridgehead atoms. The number of nitriles is 1. The van der Waals surface area contributed by atoms with Gasteiger partial charge in [0.15, 0.2) is 17.3 Å². The first kappa shape index (κ1) is 13.1. The Kier molecular flexibility index (Phi) is 3.25. The molecule has 0 saturated carbocycles. The van der Waals surface area contributed by atoms with Crippen molar-refractivity contribution in [1.82, 2.24) is 4.98 Å². The van der Waals surface area contributed by atoms with Crippen LogP contribution in [0.4, 0.5) is 4.39 Å². The quantitative estimate of drug-likeness (QED) is 0.700. The lowest BCUT2D eigenvalue weighted by atomic mass is 10.1. The SMILES string of the molecule is Cc1cccc(Oc2c(C#N)cnc3ccccc23)c1F. The van der Waals surface area contributed by atoms with Crippen LogP contribution in [0.2, 0.25) is 0 Å². The summed E-state index contributed by atoms with van der Waals surface area (Å²) in [7, 11) is 0. The van der Waals surface area contributed by atoms with Crippen molar-refractivity contribution in [1.29, 1.82) is 5.26 Å². The fraction of sp³-hybridized carbons (Fsp3) is 0.0588. The zero-order valence-electron chi connectivity index (χ0n) is 11.3. The van der Waals surface area contributed by atoms with Crippen LogP contribution < -0.4 is 4.74 Å². The molecule has 0 radical (unpaired) electrons. The van der Waals surface area contributed by atoms with E-state index in [0.717, 1.165) is 0 Å². The molecule has 102 valence electrons. The summed E-state index contributed by atoms with van der Waals surface area (Å²) in [6.45, 7) is 1.66. The zero-order valence-corrected chi connectivity index (χ0v) is 11.3. The van der Waals surface area contributed by atoms with Crippen molar-refractivity contribution in [2.75, 3.05) is 0 Å². The molecule has 0 unspecified atom stereocenters. The van der Waals surface area contributed by atoms with Gasteiger partial charge in [-0.3, -0.25) is 4.98 Å². The number of pyridine rings is 1. The van der Waals surface area contributed by atoms with E-state index < -0.39 is 5.82 Å². The van der Waals surface area contributed by atoms with Crippen molar-refractivity contribution < 1.29 is 9.13 Å². The number of aryl methyl sites for hydroxylation is 1. The van der Waals surface area contributed by atoms with Gasteiger partial charge in [0.1, 0.15) is 11.6 Å². The van der Waals surface area contributed by atoms with Crippen LogP contribution in [0.25, 0.3) is 10.9 Å². The summed E-state index contributed by atoms with van der Waals surface area (Å²) in [4.78, 5) is 4.20. The Morgan fingerprint density at radius 1 is 1.14 bits per heavy atom. The molecule has 0 aliphatic carbocycles. The molecule has 3 aromatic rings. The molecule has 0 spiro atoms. The molecule has 0 N–H and O–H groups in total. The summed E-state index contributed by atoms with van der Waals surface area (Å²) in [5.74, 6) is -0.00210. The van der Waals surface area contributed by atoms with Crippen LogP contribution in [0.5, 0.6) is 11.5 Å². The van der Waals surface area contributed by atoms with E-state index in [2.05, 4.69) is 4.98 Å². The molecule has 21 heavy (non-hydrogen) atoms. The number of aromatic nitrogens is 1. The maximum absolute atomic E-state index is 14.1. The molecule has 3 rings (SSSR count). The molecule has 0 atom stereocenters. The van der Waals surface area contributed by atoms with Crippen LogP contribution in [0.15, 0.2) is 48.7 Å². The third kappa shape index (κ3) is 2.30. The molecule has 1 heterocycles. The van der Waals surface area contributed by atoms with Gasteiger partial charge in [-0.05, 0) is 30.7 Å². The lowest BCUT2D eigenvalue weighted by molar-refractivity contribution is 0.443. The van der Waals surface area contributed by atoms with Gasteiger partial charge >= 0.3 is 0 Å². The van der Waals surface area contributed by atoms with Crippen molar-refractivity contribution in [2.24, 2.45) is 0 Å². The number of ether oxygens (including phenoxy) is 1. The number of fused-ring (bicyclic) bond motifs is 1. The van der Waals surface area contributed by atoms with Crippen molar-refractivity contribution in [3.05, 3.63) is 65.6 Å². The van der Waals surface area contributed by atoms with Crippen LogP contribution in [0.1, 0.15) is 11.1 Å². The summed E-state index contributed by atoms with van der Waals surface area (Å²) in [6.07, 6.45) is 1.44. The van der Waals surface area contributed by atoms with Gasteiger partial charge in [0.2, 0.25) is 0 Å². The Labute approximate surface area is 121 Å². The van der Waals surface area contributed by atoms with Gasteiger partial charge in [-0.1, -0.05) is 24.3 Å². The van der Waals surface area contributed by atoms with Gasteiger partial charge in [0, 0.05) is 11.6 Å². The molecule has 0 fully saturated rings. The standard InChI is InChI=1S/C17H11FN2O/c1-11-5-4-8-15(16(11)18)21-17-12(9-19)10-20-14-7-3-2-6-13(14)17/h2-8,10H,1H3. The van der Waals surface area contributed by atoms with Gasteiger partial charge in [0.05, 0.1) is 5.52 Å². The van der Waals surface area contributed by atoms with Gasteiger partial charge < -0.3 is 4.74 Å². The van der Waals surface area contributed by atoms with E-state index >= 15 is 0 Å². The Balaban J connectivity index is 2.20. The molecule has 3 nitrogen and oxygen atoms in total. The number of hydrogen-bond donors (Lipinski definition) is 0. The predicted molar refractivity (Wildman–Crippen MR) is 77.7 cm³/mol. The summed E-state index contributed by atoms with van der Waals surface area (Å²) in [6, 6.07) is 14.2. The number of para-hydroxylation sites is 1. The highest BCUT2D eigenvalue weighted by molar-refractivity contribution is 5.87. The third-order valence-corrected chi connectivity index (χ3v) is 3.21. The molecule has 4 heteroatoms. The van der Waals surface area contributed by atoms with Gasteiger partial charge in [-0.15, -0.1) is 0 Å². The van der Waals surface area contributed by atoms with Crippen LogP contribution >= 0.6 is 0 Å². The van der Waals surface area contributed by atoms with Crippen LogP contribution in [-0.4, -0.2) is 4.98 Å². The smallest absolute Gasteiger partial charge is 0.168 e. The van der Waals surface area contributed by atoms with Crippen molar-refractivity contribution >= 4 is 10.9 Å². The van der Waals surface area contributed by atoms with Gasteiger partial charge in [-0.25, -0.2) is 4.39 Å². The zero-order chi connectivity index (χ0) is 14.8. The van der Waals surface area contributed by atoms with Crippen LogP contribution in [0.3, 0.4) is 0 Å². The number of nitrogens with zero attached hydrogens (tertiary/aromatic N) is 2. The van der Waals surface area contributed by atoms with Crippen molar-refractivity contribution in [3.8, 4) is 17.6 Å². The second kappa shape index (κ2) is 5.22. The Hall–Kier alpha value is -2.93. The predicted octanol–water partition coefficient (Wildman–Crippen LogP) is 4.35. The fourth-order valence-corrected chi connectivity index (χ4v) is 2.11. The van der Waals surface area contributed by atoms with Crippen LogP contribution in [-0.2, 0) is 0 Å². The number of rotatable bonds is 2. The fourth-order valence-electron chi connectivity index (χ4n) is 2.11. The van der Waals surface area contributed by atoms with E-state index in [9.17, 15) is 9.65 Å². The molecule has 0 aliphatic heterocycles. The normalized spacial score (nSPS) is 10.3. The highest BCUT2D eigenvalue weighted by Gasteiger charge is 2.14. The minimum Gasteiger partial charge on any atom is -0.452 e. The third-order valence-electron chi connectivity index (χ3n) is 3.21. The van der Waals surface area contributed by atoms with Gasteiger partial charge in [-0.2, -0.15) is 5.26 Å². The van der Waals surface area contributed by atoms with E-state index in [-0.39, 0.29) is 11.3 Å². The van der Waals surface area contributed by atoms with Crippen LogP contribution in [0, 0.1) is 24.1 Å². The molecular formula is C17H11FN2O. The lowest BCUT2D eigenvalue weighted by Crippen LogP contribution is -1.95. The molecule has 2 aromatic carbocycles. The minimum atomic E-state index is -0.428. The summed E-state index contributed by atoms with van der Waals surface area (Å²) >= 11 is 0. The molecule has 0 aliphatic rings. The first-order valence-electron chi connectivity index (χ1n) is 6.41. The Bertz CT molecular complexity index is 868. The molecule has 1 aromatic heterocycles. The Morgan fingerprint density at radius 3 is 2.76 bits per heavy atom.